The normalized spacial score (nSPS) is 12.0. The van der Waals surface area contributed by atoms with E-state index in [4.69, 9.17) is 0 Å². The van der Waals surface area contributed by atoms with Gasteiger partial charge in [-0.15, -0.1) is 0 Å². The Morgan fingerprint density at radius 3 is 2.10 bits per heavy atom. The van der Waals surface area contributed by atoms with Crippen LogP contribution in [-0.2, 0) is 5.41 Å². The van der Waals surface area contributed by atoms with Gasteiger partial charge in [0.15, 0.2) is 0 Å². The largest absolute Gasteiger partial charge is 0.365 e. The first-order valence-electron chi connectivity index (χ1n) is 3.65. The predicted molar refractivity (Wildman–Crippen MR) is 44.2 cm³/mol. The summed E-state index contributed by atoms with van der Waals surface area (Å²) in [5.74, 6) is 0. The fourth-order valence-electron chi connectivity index (χ4n) is 0.941. The molecule has 0 fully saturated rings. The van der Waals surface area contributed by atoms with Crippen LogP contribution >= 0.6 is 0 Å². The van der Waals surface area contributed by atoms with E-state index < -0.39 is 0 Å². The van der Waals surface area contributed by atoms with Crippen molar-refractivity contribution < 1.29 is 0 Å². The molecule has 1 N–H and O–H groups in total. The second-order valence-corrected chi connectivity index (χ2v) is 3.82. The monoisotopic (exact) mass is 137 g/mol. The molecule has 0 saturated heterocycles. The Bertz CT molecular complexity index is 215. The van der Waals surface area contributed by atoms with E-state index in [1.807, 2.05) is 0 Å². The maximum absolute atomic E-state index is 3.18. The van der Waals surface area contributed by atoms with Crippen LogP contribution in [0.2, 0.25) is 0 Å². The Balaban J connectivity index is 2.96. The molecule has 0 bridgehead atoms. The number of aromatic nitrogens is 1. The smallest absolute Gasteiger partial charge is 0.0118 e. The number of rotatable bonds is 0. The molecule has 0 amide bonds. The number of H-pyrrole nitrogens is 1. The standard InChI is InChI=1S/C9H15N/c1-7-5-8(6-10-7)9(2,3)4/h5-6,10H,1-4H3. The van der Waals surface area contributed by atoms with Crippen molar-refractivity contribution in [2.45, 2.75) is 33.1 Å². The SMILES string of the molecule is Cc1cc(C(C)(C)C)c[nH]1. The molecule has 0 unspecified atom stereocenters. The molecule has 0 saturated carbocycles. The van der Waals surface area contributed by atoms with E-state index in [0.29, 0.717) is 0 Å². The van der Waals surface area contributed by atoms with Gasteiger partial charge in [0.25, 0.3) is 0 Å². The zero-order chi connectivity index (χ0) is 7.78. The van der Waals surface area contributed by atoms with Gasteiger partial charge in [0.2, 0.25) is 0 Å². The zero-order valence-corrected chi connectivity index (χ0v) is 7.15. The van der Waals surface area contributed by atoms with Gasteiger partial charge in [0, 0.05) is 11.9 Å². The quantitative estimate of drug-likeness (QED) is 0.565. The van der Waals surface area contributed by atoms with Crippen molar-refractivity contribution in [2.75, 3.05) is 0 Å². The molecule has 1 nitrogen and oxygen atoms in total. The highest BCUT2D eigenvalue weighted by Gasteiger charge is 2.13. The summed E-state index contributed by atoms with van der Waals surface area (Å²) in [7, 11) is 0. The maximum Gasteiger partial charge on any atom is 0.0118 e. The van der Waals surface area contributed by atoms with E-state index in [9.17, 15) is 0 Å². The lowest BCUT2D eigenvalue weighted by Gasteiger charge is -2.15. The van der Waals surface area contributed by atoms with Gasteiger partial charge in [-0.3, -0.25) is 0 Å². The highest BCUT2D eigenvalue weighted by molar-refractivity contribution is 5.22. The summed E-state index contributed by atoms with van der Waals surface area (Å²) in [4.78, 5) is 3.18. The second kappa shape index (κ2) is 2.15. The summed E-state index contributed by atoms with van der Waals surface area (Å²) in [5, 5.41) is 0. The van der Waals surface area contributed by atoms with Gasteiger partial charge in [0.05, 0.1) is 0 Å². The third-order valence-electron chi connectivity index (χ3n) is 1.69. The van der Waals surface area contributed by atoms with Gasteiger partial charge in [-0.25, -0.2) is 0 Å². The van der Waals surface area contributed by atoms with Gasteiger partial charge in [-0.1, -0.05) is 20.8 Å². The lowest BCUT2D eigenvalue weighted by Crippen LogP contribution is -2.09. The van der Waals surface area contributed by atoms with Gasteiger partial charge < -0.3 is 4.98 Å². The summed E-state index contributed by atoms with van der Waals surface area (Å²) >= 11 is 0. The fourth-order valence-corrected chi connectivity index (χ4v) is 0.941. The Labute approximate surface area is 62.5 Å². The summed E-state index contributed by atoms with van der Waals surface area (Å²) < 4.78 is 0. The van der Waals surface area contributed by atoms with E-state index in [0.717, 1.165) is 0 Å². The molecule has 10 heavy (non-hydrogen) atoms. The molecule has 0 atom stereocenters. The molecule has 1 aromatic heterocycles. The molecule has 0 spiro atoms. The van der Waals surface area contributed by atoms with Crippen molar-refractivity contribution in [3.05, 3.63) is 23.5 Å². The number of nitrogens with one attached hydrogen (secondary N) is 1. The number of hydrogen-bond acceptors (Lipinski definition) is 0. The summed E-state index contributed by atoms with van der Waals surface area (Å²) in [6, 6.07) is 2.19. The van der Waals surface area contributed by atoms with Crippen molar-refractivity contribution in [1.82, 2.24) is 4.98 Å². The fraction of sp³-hybridized carbons (Fsp3) is 0.556. The molecule has 0 aliphatic rings. The van der Waals surface area contributed by atoms with E-state index in [-0.39, 0.29) is 5.41 Å². The van der Waals surface area contributed by atoms with E-state index >= 15 is 0 Å². The Morgan fingerprint density at radius 1 is 1.30 bits per heavy atom. The van der Waals surface area contributed by atoms with Crippen LogP contribution in [0.15, 0.2) is 12.3 Å². The molecule has 0 radical (unpaired) electrons. The van der Waals surface area contributed by atoms with Crippen molar-refractivity contribution in [3.63, 3.8) is 0 Å². The van der Waals surface area contributed by atoms with E-state index in [1.54, 1.807) is 0 Å². The van der Waals surface area contributed by atoms with Crippen molar-refractivity contribution in [1.29, 1.82) is 0 Å². The van der Waals surface area contributed by atoms with Gasteiger partial charge >= 0.3 is 0 Å². The minimum Gasteiger partial charge on any atom is -0.365 e. The van der Waals surface area contributed by atoms with Crippen molar-refractivity contribution >= 4 is 0 Å². The number of aromatic amines is 1. The first-order chi connectivity index (χ1) is 4.50. The molecule has 0 aliphatic carbocycles. The average molecular weight is 137 g/mol. The topological polar surface area (TPSA) is 15.8 Å². The second-order valence-electron chi connectivity index (χ2n) is 3.82. The highest BCUT2D eigenvalue weighted by Crippen LogP contribution is 2.21. The highest BCUT2D eigenvalue weighted by atomic mass is 14.7. The van der Waals surface area contributed by atoms with Crippen LogP contribution in [0.4, 0.5) is 0 Å². The summed E-state index contributed by atoms with van der Waals surface area (Å²) in [6.07, 6.45) is 2.08. The van der Waals surface area contributed by atoms with Crippen LogP contribution in [0, 0.1) is 6.92 Å². The van der Waals surface area contributed by atoms with Crippen molar-refractivity contribution in [3.8, 4) is 0 Å². The molecular formula is C9H15N. The number of hydrogen-bond donors (Lipinski definition) is 1. The summed E-state index contributed by atoms with van der Waals surface area (Å²) in [5.41, 5.74) is 2.90. The minimum atomic E-state index is 0.282. The third kappa shape index (κ3) is 1.41. The zero-order valence-electron chi connectivity index (χ0n) is 7.15. The van der Waals surface area contributed by atoms with Crippen LogP contribution in [-0.4, -0.2) is 4.98 Å². The van der Waals surface area contributed by atoms with Crippen LogP contribution in [0.3, 0.4) is 0 Å². The molecule has 0 aromatic carbocycles. The van der Waals surface area contributed by atoms with E-state index in [1.165, 1.54) is 11.3 Å². The molecule has 1 heteroatoms. The summed E-state index contributed by atoms with van der Waals surface area (Å²) in [6.45, 7) is 8.73. The van der Waals surface area contributed by atoms with Gasteiger partial charge in [-0.05, 0) is 24.0 Å². The molecule has 1 rings (SSSR count). The van der Waals surface area contributed by atoms with Crippen LogP contribution in [0.25, 0.3) is 0 Å². The van der Waals surface area contributed by atoms with E-state index in [2.05, 4.69) is 44.9 Å². The molecule has 0 aliphatic heterocycles. The van der Waals surface area contributed by atoms with Gasteiger partial charge in [-0.2, -0.15) is 0 Å². The lowest BCUT2D eigenvalue weighted by molar-refractivity contribution is 0.591. The molecule has 1 heterocycles. The van der Waals surface area contributed by atoms with Crippen LogP contribution in [0.1, 0.15) is 32.0 Å². The molecule has 56 valence electrons. The third-order valence-corrected chi connectivity index (χ3v) is 1.69. The molecular weight excluding hydrogens is 122 g/mol. The van der Waals surface area contributed by atoms with Crippen molar-refractivity contribution in [2.24, 2.45) is 0 Å². The minimum absolute atomic E-state index is 0.282. The molecule has 1 aromatic rings. The first-order valence-corrected chi connectivity index (χ1v) is 3.65. The lowest BCUT2D eigenvalue weighted by atomic mass is 9.89. The first kappa shape index (κ1) is 7.39. The van der Waals surface area contributed by atoms with Gasteiger partial charge in [0.1, 0.15) is 0 Å². The average Bonchev–Trinajstić information content (AvgIpc) is 2.11. The Hall–Kier alpha value is -0.720. The van der Waals surface area contributed by atoms with Crippen LogP contribution < -0.4 is 0 Å². The maximum atomic E-state index is 3.18. The number of aryl methyl sites for hydroxylation is 1. The van der Waals surface area contributed by atoms with Crippen LogP contribution in [0.5, 0.6) is 0 Å². The Morgan fingerprint density at radius 2 is 1.90 bits per heavy atom. The Kier molecular flexibility index (Phi) is 1.59. The predicted octanol–water partition coefficient (Wildman–Crippen LogP) is 2.62.